The topological polar surface area (TPSA) is 74.6 Å². The van der Waals surface area contributed by atoms with Crippen molar-refractivity contribution in [3.8, 4) is 0 Å². The minimum Gasteiger partial charge on any atom is -0.393 e. The van der Waals surface area contributed by atoms with Crippen LogP contribution in [0.25, 0.3) is 0 Å². The zero-order valence-electron chi connectivity index (χ0n) is 18.7. The van der Waals surface area contributed by atoms with E-state index >= 15 is 0 Å². The van der Waals surface area contributed by atoms with Gasteiger partial charge < -0.3 is 5.11 Å². The van der Waals surface area contributed by atoms with Crippen LogP contribution in [0.4, 0.5) is 0 Å². The van der Waals surface area contributed by atoms with Crippen molar-refractivity contribution in [2.75, 3.05) is 0 Å². The van der Waals surface area contributed by atoms with Gasteiger partial charge in [0.1, 0.15) is 0 Å². The molecule has 0 aliphatic carbocycles. The predicted octanol–water partition coefficient (Wildman–Crippen LogP) is 7.06. The van der Waals surface area contributed by atoms with Crippen molar-refractivity contribution >= 4 is 10.1 Å². The first-order valence-electron chi connectivity index (χ1n) is 12.1. The van der Waals surface area contributed by atoms with Gasteiger partial charge in [0.25, 0.3) is 10.1 Å². The lowest BCUT2D eigenvalue weighted by molar-refractivity contribution is 0.147. The number of rotatable bonds is 21. The highest BCUT2D eigenvalue weighted by Gasteiger charge is 2.21. The van der Waals surface area contributed by atoms with E-state index in [2.05, 4.69) is 13.8 Å². The third-order valence-corrected chi connectivity index (χ3v) is 7.07. The van der Waals surface area contributed by atoms with Crippen molar-refractivity contribution in [1.29, 1.82) is 0 Å². The normalized spacial score (nSPS) is 14.3. The molecule has 0 heterocycles. The second-order valence-corrected chi connectivity index (χ2v) is 10.2. The van der Waals surface area contributed by atoms with Crippen molar-refractivity contribution < 1.29 is 18.1 Å². The fourth-order valence-corrected chi connectivity index (χ4v) is 4.76. The lowest BCUT2D eigenvalue weighted by Gasteiger charge is -2.14. The summed E-state index contributed by atoms with van der Waals surface area (Å²) in [5, 5.41) is 9.32. The van der Waals surface area contributed by atoms with Gasteiger partial charge in [-0.1, -0.05) is 110 Å². The highest BCUT2D eigenvalue weighted by Crippen LogP contribution is 2.19. The maximum absolute atomic E-state index is 11.6. The SMILES string of the molecule is CCCCCCCCCCCC(CCCCCC(O)CCCCC)S(=O)(=O)O. The van der Waals surface area contributed by atoms with Gasteiger partial charge in [-0.25, -0.2) is 0 Å². The number of aliphatic hydroxyl groups is 1. The van der Waals surface area contributed by atoms with Crippen molar-refractivity contribution in [3.05, 3.63) is 0 Å². The second-order valence-electron chi connectivity index (χ2n) is 8.54. The van der Waals surface area contributed by atoms with Crippen LogP contribution in [0, 0.1) is 0 Å². The van der Waals surface area contributed by atoms with Gasteiger partial charge in [0.15, 0.2) is 0 Å². The molecule has 0 fully saturated rings. The average molecular weight is 421 g/mol. The number of hydrogen-bond donors (Lipinski definition) is 2. The molecule has 0 spiro atoms. The molecule has 0 aliphatic rings. The quantitative estimate of drug-likeness (QED) is 0.154. The highest BCUT2D eigenvalue weighted by molar-refractivity contribution is 7.86. The van der Waals surface area contributed by atoms with E-state index in [0.29, 0.717) is 12.8 Å². The van der Waals surface area contributed by atoms with Crippen LogP contribution in [0.3, 0.4) is 0 Å². The van der Waals surface area contributed by atoms with Crippen LogP contribution in [-0.4, -0.2) is 29.4 Å². The van der Waals surface area contributed by atoms with Crippen molar-refractivity contribution in [2.24, 2.45) is 0 Å². The monoisotopic (exact) mass is 420 g/mol. The van der Waals surface area contributed by atoms with E-state index in [1.165, 1.54) is 57.8 Å². The van der Waals surface area contributed by atoms with E-state index in [1.54, 1.807) is 0 Å². The Kier molecular flexibility index (Phi) is 18.8. The fourth-order valence-electron chi connectivity index (χ4n) is 3.83. The molecule has 0 radical (unpaired) electrons. The zero-order chi connectivity index (χ0) is 21.1. The molecule has 0 bridgehead atoms. The van der Waals surface area contributed by atoms with Gasteiger partial charge in [-0.3, -0.25) is 4.55 Å². The third-order valence-electron chi connectivity index (χ3n) is 5.76. The lowest BCUT2D eigenvalue weighted by Crippen LogP contribution is -2.20. The molecule has 0 aromatic carbocycles. The molecule has 0 aliphatic heterocycles. The first-order chi connectivity index (χ1) is 13.4. The van der Waals surface area contributed by atoms with Crippen molar-refractivity contribution in [1.82, 2.24) is 0 Å². The van der Waals surface area contributed by atoms with Crippen LogP contribution in [0.15, 0.2) is 0 Å². The van der Waals surface area contributed by atoms with Crippen molar-refractivity contribution in [2.45, 2.75) is 147 Å². The molecule has 5 heteroatoms. The average Bonchev–Trinajstić information content (AvgIpc) is 2.64. The van der Waals surface area contributed by atoms with E-state index in [4.69, 9.17) is 0 Å². The van der Waals surface area contributed by atoms with Crippen LogP contribution in [-0.2, 0) is 10.1 Å². The molecule has 2 unspecified atom stereocenters. The summed E-state index contributed by atoms with van der Waals surface area (Å²) in [6, 6.07) is 0. The summed E-state index contributed by atoms with van der Waals surface area (Å²) < 4.78 is 32.8. The van der Waals surface area contributed by atoms with Gasteiger partial charge in [0.2, 0.25) is 0 Å². The Hall–Kier alpha value is -0.130. The van der Waals surface area contributed by atoms with Crippen LogP contribution in [0.1, 0.15) is 136 Å². The highest BCUT2D eigenvalue weighted by atomic mass is 32.2. The molecule has 0 amide bonds. The van der Waals surface area contributed by atoms with Gasteiger partial charge in [-0.05, 0) is 25.7 Å². The maximum atomic E-state index is 11.6. The lowest BCUT2D eigenvalue weighted by atomic mass is 10.0. The minimum atomic E-state index is -3.94. The Bertz CT molecular complexity index is 422. The maximum Gasteiger partial charge on any atom is 0.267 e. The molecular formula is C23H48O4S. The summed E-state index contributed by atoms with van der Waals surface area (Å²) in [5.74, 6) is 0. The Morgan fingerprint density at radius 3 is 1.36 bits per heavy atom. The molecule has 0 saturated heterocycles. The van der Waals surface area contributed by atoms with E-state index in [9.17, 15) is 18.1 Å². The Morgan fingerprint density at radius 2 is 0.893 bits per heavy atom. The van der Waals surface area contributed by atoms with Crippen molar-refractivity contribution in [3.63, 3.8) is 0 Å². The fraction of sp³-hybridized carbons (Fsp3) is 1.00. The summed E-state index contributed by atoms with van der Waals surface area (Å²) in [6.45, 7) is 4.39. The zero-order valence-corrected chi connectivity index (χ0v) is 19.5. The van der Waals surface area contributed by atoms with Gasteiger partial charge in [0.05, 0.1) is 11.4 Å². The van der Waals surface area contributed by atoms with Crippen LogP contribution >= 0.6 is 0 Å². The molecule has 4 nitrogen and oxygen atoms in total. The molecular weight excluding hydrogens is 372 g/mol. The number of unbranched alkanes of at least 4 members (excludes halogenated alkanes) is 12. The minimum absolute atomic E-state index is 0.217. The number of aliphatic hydroxyl groups excluding tert-OH is 1. The standard InChI is InChI=1S/C23H48O4S/c1-3-5-7-8-9-10-11-12-16-20-23(28(25,26)27)21-17-13-15-19-22(24)18-14-6-4-2/h22-24H,3-21H2,1-2H3,(H,25,26,27). The summed E-state index contributed by atoms with van der Waals surface area (Å²) in [7, 11) is -3.94. The molecule has 0 aromatic rings. The van der Waals surface area contributed by atoms with Crippen LogP contribution < -0.4 is 0 Å². The first-order valence-corrected chi connectivity index (χ1v) is 13.6. The Balaban J connectivity index is 3.78. The van der Waals surface area contributed by atoms with Gasteiger partial charge >= 0.3 is 0 Å². The van der Waals surface area contributed by atoms with Gasteiger partial charge in [-0.2, -0.15) is 8.42 Å². The molecule has 0 saturated carbocycles. The third kappa shape index (κ3) is 17.9. The molecule has 28 heavy (non-hydrogen) atoms. The molecule has 2 atom stereocenters. The summed E-state index contributed by atoms with van der Waals surface area (Å²) in [6.07, 6.45) is 19.6. The Labute approximate surface area is 175 Å². The van der Waals surface area contributed by atoms with Gasteiger partial charge in [0, 0.05) is 0 Å². The van der Waals surface area contributed by atoms with Crippen LogP contribution in [0.2, 0.25) is 0 Å². The number of hydrogen-bond acceptors (Lipinski definition) is 3. The van der Waals surface area contributed by atoms with E-state index in [1.807, 2.05) is 0 Å². The molecule has 0 rings (SSSR count). The smallest absolute Gasteiger partial charge is 0.267 e. The van der Waals surface area contributed by atoms with Crippen LogP contribution in [0.5, 0.6) is 0 Å². The largest absolute Gasteiger partial charge is 0.393 e. The van der Waals surface area contributed by atoms with Gasteiger partial charge in [-0.15, -0.1) is 0 Å². The molecule has 170 valence electrons. The molecule has 0 aromatic heterocycles. The summed E-state index contributed by atoms with van der Waals surface area (Å²) in [4.78, 5) is 0. The second kappa shape index (κ2) is 18.9. The Morgan fingerprint density at radius 1 is 0.571 bits per heavy atom. The molecule has 2 N–H and O–H groups in total. The summed E-state index contributed by atoms with van der Waals surface area (Å²) in [5.41, 5.74) is 0. The predicted molar refractivity (Wildman–Crippen MR) is 120 cm³/mol. The first kappa shape index (κ1) is 27.9. The van der Waals surface area contributed by atoms with E-state index in [-0.39, 0.29) is 6.10 Å². The summed E-state index contributed by atoms with van der Waals surface area (Å²) >= 11 is 0. The van der Waals surface area contributed by atoms with E-state index in [0.717, 1.165) is 51.4 Å². The van der Waals surface area contributed by atoms with E-state index < -0.39 is 15.4 Å².